The highest BCUT2D eigenvalue weighted by atomic mass is 31.2. The van der Waals surface area contributed by atoms with Crippen molar-refractivity contribution in [2.75, 3.05) is 13.1 Å². The van der Waals surface area contributed by atoms with Crippen molar-refractivity contribution in [3.05, 3.63) is 74.8 Å². The number of rotatable bonds is 5. The van der Waals surface area contributed by atoms with E-state index in [-0.39, 0.29) is 5.66 Å². The summed E-state index contributed by atoms with van der Waals surface area (Å²) in [5.41, 5.74) is 10.1. The van der Waals surface area contributed by atoms with Gasteiger partial charge in [-0.1, -0.05) is 55.3 Å². The van der Waals surface area contributed by atoms with Gasteiger partial charge in [-0.05, 0) is 81.3 Å². The molecule has 0 N–H and O–H groups in total. The van der Waals surface area contributed by atoms with Crippen LogP contribution < -0.4 is 0 Å². The van der Waals surface area contributed by atoms with Gasteiger partial charge in [-0.3, -0.25) is 0 Å². The molecule has 0 fully saturated rings. The van der Waals surface area contributed by atoms with Crippen molar-refractivity contribution in [2.24, 2.45) is 0 Å². The fourth-order valence-electron chi connectivity index (χ4n) is 5.51. The molecule has 2 aromatic rings. The Morgan fingerprint density at radius 1 is 0.828 bits per heavy atom. The predicted octanol–water partition coefficient (Wildman–Crippen LogP) is 7.64. The molecule has 0 spiro atoms. The SMILES string of the molecule is CCN(CC)[P@]1(=O)C(c2c(C)cc(C)cc2C)=CC[C@@H]1c1c(C)cc(C)cc1C. The summed E-state index contributed by atoms with van der Waals surface area (Å²) in [4.78, 5) is 0. The highest BCUT2D eigenvalue weighted by Crippen LogP contribution is 2.76. The zero-order valence-corrected chi connectivity index (χ0v) is 20.3. The first-order chi connectivity index (χ1) is 13.6. The molecule has 156 valence electrons. The van der Waals surface area contributed by atoms with Crippen LogP contribution in [0, 0.1) is 41.5 Å². The van der Waals surface area contributed by atoms with Crippen molar-refractivity contribution in [1.29, 1.82) is 0 Å². The van der Waals surface area contributed by atoms with Crippen LogP contribution in [0.15, 0.2) is 30.3 Å². The maximum absolute atomic E-state index is 15.1. The predicted molar refractivity (Wildman–Crippen MR) is 127 cm³/mol. The molecule has 2 aromatic carbocycles. The van der Waals surface area contributed by atoms with E-state index < -0.39 is 7.29 Å². The van der Waals surface area contributed by atoms with Crippen molar-refractivity contribution in [1.82, 2.24) is 4.67 Å². The van der Waals surface area contributed by atoms with E-state index in [0.717, 1.165) is 24.8 Å². The first-order valence-electron chi connectivity index (χ1n) is 10.9. The molecule has 3 heteroatoms. The number of benzene rings is 2. The van der Waals surface area contributed by atoms with Crippen LogP contribution in [0.1, 0.15) is 70.4 Å². The average Bonchev–Trinajstić information content (AvgIpc) is 2.92. The number of allylic oxidation sites excluding steroid dienone is 1. The van der Waals surface area contributed by atoms with Crippen molar-refractivity contribution in [3.63, 3.8) is 0 Å². The topological polar surface area (TPSA) is 20.3 Å². The van der Waals surface area contributed by atoms with Crippen molar-refractivity contribution >= 4 is 12.6 Å². The van der Waals surface area contributed by atoms with Gasteiger partial charge in [0.2, 0.25) is 0 Å². The Kier molecular flexibility index (Phi) is 6.27. The number of hydrogen-bond donors (Lipinski definition) is 0. The minimum absolute atomic E-state index is 0.0399. The molecule has 1 aliphatic heterocycles. The van der Waals surface area contributed by atoms with E-state index >= 15 is 4.57 Å². The molecular weight excluding hydrogens is 373 g/mol. The summed E-state index contributed by atoms with van der Waals surface area (Å²) in [6, 6.07) is 8.95. The third kappa shape index (κ3) is 3.66. The third-order valence-electron chi connectivity index (χ3n) is 6.46. The van der Waals surface area contributed by atoms with E-state index in [0.29, 0.717) is 0 Å². The maximum atomic E-state index is 15.1. The summed E-state index contributed by atoms with van der Waals surface area (Å²) in [6.07, 6.45) is 3.13. The summed E-state index contributed by atoms with van der Waals surface area (Å²) in [5, 5.41) is 1.08. The molecular formula is C26H36NOP. The lowest BCUT2D eigenvalue weighted by Gasteiger charge is -2.36. The van der Waals surface area contributed by atoms with Gasteiger partial charge < -0.3 is 4.57 Å². The summed E-state index contributed by atoms with van der Waals surface area (Å²) < 4.78 is 17.3. The van der Waals surface area contributed by atoms with Crippen molar-refractivity contribution < 1.29 is 4.57 Å². The largest absolute Gasteiger partial charge is 0.301 e. The smallest absolute Gasteiger partial charge is 0.186 e. The van der Waals surface area contributed by atoms with Gasteiger partial charge in [0, 0.05) is 18.4 Å². The fourth-order valence-corrected chi connectivity index (χ4v) is 9.58. The molecule has 0 amide bonds. The Morgan fingerprint density at radius 2 is 1.28 bits per heavy atom. The second kappa shape index (κ2) is 8.25. The van der Waals surface area contributed by atoms with E-state index in [1.54, 1.807) is 0 Å². The Bertz CT molecular complexity index is 967. The third-order valence-corrected chi connectivity index (χ3v) is 10.3. The highest BCUT2D eigenvalue weighted by molar-refractivity contribution is 7.72. The number of hydrogen-bond acceptors (Lipinski definition) is 1. The summed E-state index contributed by atoms with van der Waals surface area (Å²) in [6.45, 7) is 18.9. The second-order valence-electron chi connectivity index (χ2n) is 8.69. The molecule has 0 saturated heterocycles. The van der Waals surface area contributed by atoms with E-state index in [4.69, 9.17) is 0 Å². The molecule has 0 unspecified atom stereocenters. The molecule has 2 nitrogen and oxygen atoms in total. The second-order valence-corrected chi connectivity index (χ2v) is 11.6. The Hall–Kier alpha value is -1.63. The van der Waals surface area contributed by atoms with Crippen molar-refractivity contribution in [3.8, 4) is 0 Å². The normalized spacial score (nSPS) is 21.7. The van der Waals surface area contributed by atoms with E-state index in [2.05, 4.69) is 90.4 Å². The van der Waals surface area contributed by atoms with Crippen LogP contribution in [0.3, 0.4) is 0 Å². The molecule has 1 heterocycles. The van der Waals surface area contributed by atoms with Gasteiger partial charge in [-0.2, -0.15) is 0 Å². The van der Waals surface area contributed by atoms with Gasteiger partial charge in [-0.25, -0.2) is 4.67 Å². The minimum atomic E-state index is -2.79. The van der Waals surface area contributed by atoms with Gasteiger partial charge in [0.1, 0.15) is 0 Å². The van der Waals surface area contributed by atoms with Crippen LogP contribution in [0.5, 0.6) is 0 Å². The lowest BCUT2D eigenvalue weighted by Crippen LogP contribution is -2.23. The highest BCUT2D eigenvalue weighted by Gasteiger charge is 2.47. The Balaban J connectivity index is 2.25. The van der Waals surface area contributed by atoms with E-state index in [1.807, 2.05) is 0 Å². The first kappa shape index (κ1) is 22.1. The molecule has 1 aliphatic rings. The first-order valence-corrected chi connectivity index (χ1v) is 12.6. The van der Waals surface area contributed by atoms with Crippen LogP contribution in [0.4, 0.5) is 0 Å². The standard InChI is InChI=1S/C26H36NOP/c1-9-27(10-2)29(28)23(25-19(5)13-17(3)14-20(25)6)11-12-24(29)26-21(7)15-18(4)16-22(26)8/h11,13-16,24H,9-10,12H2,1-8H3/t24-,29+/m1/s1. The lowest BCUT2D eigenvalue weighted by atomic mass is 9.95. The van der Waals surface area contributed by atoms with E-state index in [9.17, 15) is 0 Å². The summed E-state index contributed by atoms with van der Waals surface area (Å²) in [7, 11) is -2.79. The Labute approximate surface area is 177 Å². The quantitative estimate of drug-likeness (QED) is 0.473. The molecule has 0 aliphatic carbocycles. The van der Waals surface area contributed by atoms with Crippen LogP contribution >= 0.6 is 7.29 Å². The molecule has 0 aromatic heterocycles. The Morgan fingerprint density at radius 3 is 1.72 bits per heavy atom. The van der Waals surface area contributed by atoms with Gasteiger partial charge in [-0.15, -0.1) is 0 Å². The van der Waals surface area contributed by atoms with Gasteiger partial charge in [0.15, 0.2) is 7.29 Å². The average molecular weight is 410 g/mol. The zero-order chi connectivity index (χ0) is 21.5. The lowest BCUT2D eigenvalue weighted by molar-refractivity contribution is 0.444. The zero-order valence-electron chi connectivity index (χ0n) is 19.4. The summed E-state index contributed by atoms with van der Waals surface area (Å²) in [5.74, 6) is 0. The van der Waals surface area contributed by atoms with Crippen molar-refractivity contribution in [2.45, 2.75) is 67.5 Å². The fraction of sp³-hybridized carbons (Fsp3) is 0.462. The summed E-state index contributed by atoms with van der Waals surface area (Å²) >= 11 is 0. The van der Waals surface area contributed by atoms with E-state index in [1.165, 1.54) is 44.5 Å². The number of aryl methyl sites for hydroxylation is 6. The number of nitrogens with zero attached hydrogens (tertiary/aromatic N) is 1. The van der Waals surface area contributed by atoms with Gasteiger partial charge >= 0.3 is 0 Å². The minimum Gasteiger partial charge on any atom is -0.301 e. The molecule has 2 atom stereocenters. The maximum Gasteiger partial charge on any atom is 0.186 e. The molecule has 0 radical (unpaired) electrons. The molecule has 29 heavy (non-hydrogen) atoms. The molecule has 0 saturated carbocycles. The van der Waals surface area contributed by atoms with Crippen LogP contribution in [-0.2, 0) is 4.57 Å². The van der Waals surface area contributed by atoms with Crippen LogP contribution in [-0.4, -0.2) is 17.8 Å². The van der Waals surface area contributed by atoms with Gasteiger partial charge in [0.25, 0.3) is 0 Å². The molecule has 3 rings (SSSR count). The monoisotopic (exact) mass is 409 g/mol. The molecule has 0 bridgehead atoms. The van der Waals surface area contributed by atoms with Crippen LogP contribution in [0.25, 0.3) is 5.31 Å². The van der Waals surface area contributed by atoms with Crippen LogP contribution in [0.2, 0.25) is 0 Å². The van der Waals surface area contributed by atoms with Gasteiger partial charge in [0.05, 0.1) is 5.66 Å².